The van der Waals surface area contributed by atoms with Crippen molar-refractivity contribution in [3.8, 4) is 0 Å². The van der Waals surface area contributed by atoms with Crippen LogP contribution in [0.25, 0.3) is 0 Å². The molecule has 0 aromatic heterocycles. The largest absolute Gasteiger partial charge is 0.339 e. The second-order valence-corrected chi connectivity index (χ2v) is 8.88. The van der Waals surface area contributed by atoms with Gasteiger partial charge in [0.05, 0.1) is 11.8 Å². The Morgan fingerprint density at radius 3 is 2.46 bits per heavy atom. The second-order valence-electron chi connectivity index (χ2n) is 6.22. The normalized spacial score (nSPS) is 17.7. The predicted molar refractivity (Wildman–Crippen MR) is 95.6 cm³/mol. The van der Waals surface area contributed by atoms with Gasteiger partial charge in [0.1, 0.15) is 9.84 Å². The first-order valence-corrected chi connectivity index (χ1v) is 10.4. The van der Waals surface area contributed by atoms with E-state index in [1.54, 1.807) is 4.90 Å². The molecular formula is C16H24ClN3O3S. The van der Waals surface area contributed by atoms with Crippen molar-refractivity contribution in [3.63, 3.8) is 0 Å². The maximum Gasteiger partial charge on any atom is 0.239 e. The van der Waals surface area contributed by atoms with Crippen molar-refractivity contribution >= 4 is 27.3 Å². The molecule has 0 radical (unpaired) electrons. The van der Waals surface area contributed by atoms with Crippen LogP contribution in [-0.4, -0.2) is 68.4 Å². The number of carbonyl (C=O) groups is 1. The molecule has 0 spiro atoms. The highest BCUT2D eigenvalue weighted by atomic mass is 35.5. The van der Waals surface area contributed by atoms with E-state index in [0.29, 0.717) is 13.1 Å². The summed E-state index contributed by atoms with van der Waals surface area (Å²) >= 11 is 6.18. The van der Waals surface area contributed by atoms with Crippen molar-refractivity contribution in [2.45, 2.75) is 19.0 Å². The third-order valence-corrected chi connectivity index (χ3v) is 5.50. The average molecular weight is 374 g/mol. The van der Waals surface area contributed by atoms with Gasteiger partial charge in [-0.3, -0.25) is 9.69 Å². The molecule has 0 bridgehead atoms. The van der Waals surface area contributed by atoms with Gasteiger partial charge in [0.25, 0.3) is 0 Å². The lowest BCUT2D eigenvalue weighted by molar-refractivity contribution is -0.134. The Morgan fingerprint density at radius 1 is 1.25 bits per heavy atom. The number of halogens is 1. The molecule has 1 amide bonds. The summed E-state index contributed by atoms with van der Waals surface area (Å²) in [6.07, 6.45) is 1.31. The molecule has 1 fully saturated rings. The highest BCUT2D eigenvalue weighted by Crippen LogP contribution is 2.18. The van der Waals surface area contributed by atoms with Gasteiger partial charge in [-0.15, -0.1) is 0 Å². The van der Waals surface area contributed by atoms with Gasteiger partial charge in [-0.1, -0.05) is 29.8 Å². The van der Waals surface area contributed by atoms with Crippen LogP contribution in [-0.2, 0) is 21.2 Å². The van der Waals surface area contributed by atoms with Gasteiger partial charge in [0, 0.05) is 44.0 Å². The lowest BCUT2D eigenvalue weighted by atomic mass is 10.1. The first-order valence-electron chi connectivity index (χ1n) is 7.94. The Balaban J connectivity index is 1.81. The van der Waals surface area contributed by atoms with Crippen molar-refractivity contribution in [2.75, 3.05) is 38.2 Å². The number of sulfone groups is 1. The zero-order chi connectivity index (χ0) is 17.7. The van der Waals surface area contributed by atoms with Crippen LogP contribution in [0.4, 0.5) is 0 Å². The topological polar surface area (TPSA) is 83.7 Å². The third-order valence-electron chi connectivity index (χ3n) is 4.15. The molecule has 1 saturated heterocycles. The maximum absolute atomic E-state index is 12.3. The molecule has 1 aliphatic heterocycles. The second kappa shape index (κ2) is 8.29. The molecule has 1 heterocycles. The fourth-order valence-corrected chi connectivity index (χ4v) is 3.57. The van der Waals surface area contributed by atoms with E-state index >= 15 is 0 Å². The summed E-state index contributed by atoms with van der Waals surface area (Å²) in [7, 11) is -3.10. The molecule has 1 aromatic carbocycles. The number of piperazine rings is 1. The zero-order valence-electron chi connectivity index (χ0n) is 13.8. The highest BCUT2D eigenvalue weighted by Gasteiger charge is 2.26. The number of rotatable bonds is 6. The fraction of sp³-hybridized carbons (Fsp3) is 0.562. The molecule has 1 unspecified atom stereocenters. The number of hydrogen-bond donors (Lipinski definition) is 1. The summed E-state index contributed by atoms with van der Waals surface area (Å²) in [5, 5.41) is 0.749. The van der Waals surface area contributed by atoms with Crippen LogP contribution in [0.3, 0.4) is 0 Å². The molecule has 1 aliphatic rings. The van der Waals surface area contributed by atoms with Crippen LogP contribution in [0, 0.1) is 0 Å². The molecule has 1 aromatic rings. The van der Waals surface area contributed by atoms with Crippen molar-refractivity contribution in [1.29, 1.82) is 0 Å². The molecular weight excluding hydrogens is 350 g/mol. The summed E-state index contributed by atoms with van der Waals surface area (Å²) < 4.78 is 22.4. The Morgan fingerprint density at radius 2 is 1.88 bits per heavy atom. The van der Waals surface area contributed by atoms with Gasteiger partial charge in [-0.2, -0.15) is 0 Å². The molecule has 6 nitrogen and oxygen atoms in total. The SMILES string of the molecule is CS(=O)(=O)CCC(N)C(=O)N1CCN(Cc2ccccc2Cl)CC1. The highest BCUT2D eigenvalue weighted by molar-refractivity contribution is 7.90. The number of hydrogen-bond acceptors (Lipinski definition) is 5. The lowest BCUT2D eigenvalue weighted by Gasteiger charge is -2.36. The number of carbonyl (C=O) groups excluding carboxylic acids is 1. The third kappa shape index (κ3) is 5.73. The standard InChI is InChI=1S/C16H24ClN3O3S/c1-24(22,23)11-6-15(18)16(21)20-9-7-19(8-10-20)12-13-4-2-3-5-14(13)17/h2-5,15H,6-12,18H2,1H3. The number of benzene rings is 1. The van der Waals surface area contributed by atoms with Crippen molar-refractivity contribution in [3.05, 3.63) is 34.9 Å². The summed E-state index contributed by atoms with van der Waals surface area (Å²) in [5.41, 5.74) is 6.92. The van der Waals surface area contributed by atoms with Gasteiger partial charge in [-0.25, -0.2) is 8.42 Å². The first-order chi connectivity index (χ1) is 11.3. The number of nitrogens with two attached hydrogens (primary N) is 1. The van der Waals surface area contributed by atoms with E-state index in [2.05, 4.69) is 4.90 Å². The molecule has 24 heavy (non-hydrogen) atoms. The van der Waals surface area contributed by atoms with E-state index in [-0.39, 0.29) is 18.1 Å². The summed E-state index contributed by atoms with van der Waals surface area (Å²) in [6.45, 7) is 3.43. The van der Waals surface area contributed by atoms with E-state index in [1.165, 1.54) is 0 Å². The fourth-order valence-electron chi connectivity index (χ4n) is 2.69. The van der Waals surface area contributed by atoms with E-state index in [4.69, 9.17) is 17.3 Å². The van der Waals surface area contributed by atoms with Crippen LogP contribution < -0.4 is 5.73 Å². The lowest BCUT2D eigenvalue weighted by Crippen LogP contribution is -2.53. The molecule has 0 aliphatic carbocycles. The monoisotopic (exact) mass is 373 g/mol. The summed E-state index contributed by atoms with van der Waals surface area (Å²) in [6, 6.07) is 6.98. The molecule has 8 heteroatoms. The van der Waals surface area contributed by atoms with E-state index < -0.39 is 15.9 Å². The van der Waals surface area contributed by atoms with Gasteiger partial charge < -0.3 is 10.6 Å². The van der Waals surface area contributed by atoms with E-state index in [9.17, 15) is 13.2 Å². The molecule has 1 atom stereocenters. The molecule has 2 N–H and O–H groups in total. The summed E-state index contributed by atoms with van der Waals surface area (Å²) in [4.78, 5) is 16.3. The average Bonchev–Trinajstić information content (AvgIpc) is 2.54. The quantitative estimate of drug-likeness (QED) is 0.795. The first kappa shape index (κ1) is 19.2. The minimum absolute atomic E-state index is 0.0631. The Bertz CT molecular complexity index is 673. The van der Waals surface area contributed by atoms with Gasteiger partial charge in [-0.05, 0) is 18.1 Å². The van der Waals surface area contributed by atoms with Crippen LogP contribution >= 0.6 is 11.6 Å². The van der Waals surface area contributed by atoms with Crippen molar-refractivity contribution in [1.82, 2.24) is 9.80 Å². The Labute approximate surface area is 148 Å². The Kier molecular flexibility index (Phi) is 6.62. The smallest absolute Gasteiger partial charge is 0.239 e. The van der Waals surface area contributed by atoms with E-state index in [1.807, 2.05) is 24.3 Å². The van der Waals surface area contributed by atoms with Crippen LogP contribution in [0.1, 0.15) is 12.0 Å². The Hall–Kier alpha value is -1.15. The number of amides is 1. The van der Waals surface area contributed by atoms with Crippen LogP contribution in [0.2, 0.25) is 5.02 Å². The van der Waals surface area contributed by atoms with Crippen molar-refractivity contribution in [2.24, 2.45) is 5.73 Å². The van der Waals surface area contributed by atoms with Crippen molar-refractivity contribution < 1.29 is 13.2 Å². The maximum atomic E-state index is 12.3. The predicted octanol–water partition coefficient (Wildman–Crippen LogP) is 0.746. The van der Waals surface area contributed by atoms with Gasteiger partial charge >= 0.3 is 0 Å². The van der Waals surface area contributed by atoms with Gasteiger partial charge in [0.15, 0.2) is 0 Å². The zero-order valence-corrected chi connectivity index (χ0v) is 15.4. The van der Waals surface area contributed by atoms with Gasteiger partial charge in [0.2, 0.25) is 5.91 Å². The van der Waals surface area contributed by atoms with E-state index in [0.717, 1.165) is 36.5 Å². The minimum Gasteiger partial charge on any atom is -0.339 e. The summed E-state index contributed by atoms with van der Waals surface area (Å²) in [5.74, 6) is -0.233. The number of nitrogens with zero attached hydrogens (tertiary/aromatic N) is 2. The van der Waals surface area contributed by atoms with Crippen LogP contribution in [0.5, 0.6) is 0 Å². The minimum atomic E-state index is -3.10. The molecule has 134 valence electrons. The molecule has 0 saturated carbocycles. The molecule has 2 rings (SSSR count). The van der Waals surface area contributed by atoms with Crippen LogP contribution in [0.15, 0.2) is 24.3 Å².